The first-order chi connectivity index (χ1) is 7.53. The van der Waals surface area contributed by atoms with Gasteiger partial charge in [0.15, 0.2) is 9.84 Å². The van der Waals surface area contributed by atoms with E-state index in [1.165, 1.54) is 0 Å². The van der Waals surface area contributed by atoms with Crippen LogP contribution in [0.25, 0.3) is 0 Å². The first-order valence-corrected chi connectivity index (χ1v) is 7.91. The minimum atomic E-state index is -2.89. The Labute approximate surface area is 98.7 Å². The van der Waals surface area contributed by atoms with E-state index >= 15 is 0 Å². The molecule has 1 heterocycles. The van der Waals surface area contributed by atoms with E-state index in [2.05, 4.69) is 12.2 Å². The molecule has 0 radical (unpaired) electrons. The van der Waals surface area contributed by atoms with Crippen LogP contribution < -0.4 is 5.32 Å². The van der Waals surface area contributed by atoms with Crippen LogP contribution in [0.15, 0.2) is 0 Å². The third kappa shape index (κ3) is 5.27. The van der Waals surface area contributed by atoms with Crippen LogP contribution in [0, 0.1) is 0 Å². The standard InChI is InChI=1S/C11H23NO3S/c1-3-7-16(13,14)8-6-15-11-5-4-10(2)12-9-11/h10-12H,3-9H2,1-2H3. The van der Waals surface area contributed by atoms with Gasteiger partial charge in [-0.15, -0.1) is 0 Å². The number of hydrogen-bond donors (Lipinski definition) is 1. The maximum Gasteiger partial charge on any atom is 0.152 e. The lowest BCUT2D eigenvalue weighted by atomic mass is 10.0. The maximum atomic E-state index is 11.4. The molecule has 1 saturated heterocycles. The van der Waals surface area contributed by atoms with Crippen molar-refractivity contribution in [3.05, 3.63) is 0 Å². The van der Waals surface area contributed by atoms with Crippen LogP contribution in [0.5, 0.6) is 0 Å². The highest BCUT2D eigenvalue weighted by atomic mass is 32.2. The van der Waals surface area contributed by atoms with E-state index in [0.717, 1.165) is 19.4 Å². The highest BCUT2D eigenvalue weighted by molar-refractivity contribution is 7.91. The van der Waals surface area contributed by atoms with Crippen LogP contribution in [-0.2, 0) is 14.6 Å². The molecule has 0 saturated carbocycles. The molecule has 16 heavy (non-hydrogen) atoms. The summed E-state index contributed by atoms with van der Waals surface area (Å²) in [5.74, 6) is 0.434. The van der Waals surface area contributed by atoms with Crippen LogP contribution in [0.3, 0.4) is 0 Å². The molecule has 0 aromatic rings. The van der Waals surface area contributed by atoms with Gasteiger partial charge < -0.3 is 10.1 Å². The van der Waals surface area contributed by atoms with Crippen molar-refractivity contribution < 1.29 is 13.2 Å². The third-order valence-corrected chi connectivity index (χ3v) is 4.70. The molecule has 4 nitrogen and oxygen atoms in total. The van der Waals surface area contributed by atoms with Crippen molar-refractivity contribution in [3.8, 4) is 0 Å². The lowest BCUT2D eigenvalue weighted by Gasteiger charge is -2.27. The summed E-state index contributed by atoms with van der Waals surface area (Å²) < 4.78 is 28.4. The summed E-state index contributed by atoms with van der Waals surface area (Å²) in [6, 6.07) is 0.559. The smallest absolute Gasteiger partial charge is 0.152 e. The number of ether oxygens (including phenoxy) is 1. The number of rotatable bonds is 6. The van der Waals surface area contributed by atoms with Crippen molar-refractivity contribution in [2.45, 2.75) is 45.3 Å². The zero-order chi connectivity index (χ0) is 12.0. The van der Waals surface area contributed by atoms with Crippen LogP contribution in [-0.4, -0.2) is 45.2 Å². The van der Waals surface area contributed by atoms with Gasteiger partial charge in [-0.1, -0.05) is 6.92 Å². The van der Waals surface area contributed by atoms with E-state index in [1.54, 1.807) is 0 Å². The van der Waals surface area contributed by atoms with Gasteiger partial charge >= 0.3 is 0 Å². The van der Waals surface area contributed by atoms with Gasteiger partial charge in [0.2, 0.25) is 0 Å². The van der Waals surface area contributed by atoms with E-state index in [0.29, 0.717) is 19.1 Å². The Balaban J connectivity index is 2.16. The predicted molar refractivity (Wildman–Crippen MR) is 65.4 cm³/mol. The van der Waals surface area contributed by atoms with Crippen LogP contribution >= 0.6 is 0 Å². The molecule has 0 aliphatic carbocycles. The zero-order valence-corrected chi connectivity index (χ0v) is 11.1. The normalized spacial score (nSPS) is 26.9. The molecular formula is C11H23NO3S. The second-order valence-electron chi connectivity index (χ2n) is 4.53. The van der Waals surface area contributed by atoms with Crippen molar-refractivity contribution in [1.29, 1.82) is 0 Å². The van der Waals surface area contributed by atoms with Gasteiger partial charge in [0.05, 0.1) is 18.5 Å². The Bertz CT molecular complexity index is 282. The predicted octanol–water partition coefficient (Wildman–Crippen LogP) is 0.968. The number of hydrogen-bond acceptors (Lipinski definition) is 4. The quantitative estimate of drug-likeness (QED) is 0.762. The topological polar surface area (TPSA) is 55.4 Å². The second-order valence-corrected chi connectivity index (χ2v) is 6.83. The van der Waals surface area contributed by atoms with E-state index in [4.69, 9.17) is 4.74 Å². The van der Waals surface area contributed by atoms with Gasteiger partial charge in [0.25, 0.3) is 0 Å². The van der Waals surface area contributed by atoms with E-state index in [1.807, 2.05) is 6.92 Å². The molecule has 0 bridgehead atoms. The van der Waals surface area contributed by atoms with Crippen molar-refractivity contribution in [2.24, 2.45) is 0 Å². The third-order valence-electron chi connectivity index (χ3n) is 2.88. The van der Waals surface area contributed by atoms with Crippen molar-refractivity contribution in [1.82, 2.24) is 5.32 Å². The summed E-state index contributed by atoms with van der Waals surface area (Å²) >= 11 is 0. The molecule has 1 aliphatic rings. The summed E-state index contributed by atoms with van der Waals surface area (Å²) in [7, 11) is -2.89. The first-order valence-electron chi connectivity index (χ1n) is 6.09. The molecule has 1 aliphatic heterocycles. The lowest BCUT2D eigenvalue weighted by Crippen LogP contribution is -2.41. The van der Waals surface area contributed by atoms with E-state index in [-0.39, 0.29) is 17.6 Å². The fourth-order valence-electron chi connectivity index (χ4n) is 1.87. The fourth-order valence-corrected chi connectivity index (χ4v) is 3.05. The number of nitrogens with one attached hydrogen (secondary N) is 1. The van der Waals surface area contributed by atoms with Gasteiger partial charge in [-0.2, -0.15) is 0 Å². The van der Waals surface area contributed by atoms with Crippen molar-refractivity contribution in [3.63, 3.8) is 0 Å². The molecule has 1 N–H and O–H groups in total. The molecule has 96 valence electrons. The van der Waals surface area contributed by atoms with E-state index < -0.39 is 9.84 Å². The average molecular weight is 249 g/mol. The van der Waals surface area contributed by atoms with Gasteiger partial charge in [-0.3, -0.25) is 0 Å². The van der Waals surface area contributed by atoms with Gasteiger partial charge in [-0.25, -0.2) is 8.42 Å². The molecule has 0 aromatic carbocycles. The van der Waals surface area contributed by atoms with Gasteiger partial charge in [0.1, 0.15) is 0 Å². The molecule has 5 heteroatoms. The average Bonchev–Trinajstić information content (AvgIpc) is 2.20. The molecule has 0 amide bonds. The van der Waals surface area contributed by atoms with Crippen LogP contribution in [0.2, 0.25) is 0 Å². The van der Waals surface area contributed by atoms with Crippen LogP contribution in [0.4, 0.5) is 0 Å². The molecular weight excluding hydrogens is 226 g/mol. The number of piperidine rings is 1. The first kappa shape index (κ1) is 13.9. The maximum absolute atomic E-state index is 11.4. The molecule has 2 unspecified atom stereocenters. The summed E-state index contributed by atoms with van der Waals surface area (Å²) in [5.41, 5.74) is 0. The summed E-state index contributed by atoms with van der Waals surface area (Å²) in [6.07, 6.45) is 3.01. The Morgan fingerprint density at radius 2 is 2.06 bits per heavy atom. The number of sulfone groups is 1. The highest BCUT2D eigenvalue weighted by Crippen LogP contribution is 2.10. The molecule has 2 atom stereocenters. The van der Waals surface area contributed by atoms with Gasteiger partial charge in [0, 0.05) is 18.3 Å². The Hall–Kier alpha value is -0.130. The Kier molecular flexibility index (Phi) is 5.72. The summed E-state index contributed by atoms with van der Waals surface area (Å²) in [5, 5.41) is 3.33. The minimum absolute atomic E-state index is 0.160. The lowest BCUT2D eigenvalue weighted by molar-refractivity contribution is 0.0401. The van der Waals surface area contributed by atoms with Crippen molar-refractivity contribution in [2.75, 3.05) is 24.7 Å². The highest BCUT2D eigenvalue weighted by Gasteiger charge is 2.18. The molecule has 0 spiro atoms. The SMILES string of the molecule is CCCS(=O)(=O)CCOC1CCC(C)NC1. The fraction of sp³-hybridized carbons (Fsp3) is 1.00. The Morgan fingerprint density at radius 3 is 2.62 bits per heavy atom. The molecule has 1 rings (SSSR count). The van der Waals surface area contributed by atoms with E-state index in [9.17, 15) is 8.42 Å². The minimum Gasteiger partial charge on any atom is -0.376 e. The largest absolute Gasteiger partial charge is 0.376 e. The monoisotopic (exact) mass is 249 g/mol. The van der Waals surface area contributed by atoms with Gasteiger partial charge in [-0.05, 0) is 26.2 Å². The van der Waals surface area contributed by atoms with Crippen LogP contribution in [0.1, 0.15) is 33.1 Å². The Morgan fingerprint density at radius 1 is 1.31 bits per heavy atom. The molecule has 0 aromatic heterocycles. The molecule has 1 fully saturated rings. The van der Waals surface area contributed by atoms with Crippen molar-refractivity contribution >= 4 is 9.84 Å². The second kappa shape index (κ2) is 6.57. The summed E-state index contributed by atoms with van der Waals surface area (Å²) in [6.45, 7) is 5.21. The summed E-state index contributed by atoms with van der Waals surface area (Å²) in [4.78, 5) is 0. The zero-order valence-electron chi connectivity index (χ0n) is 10.2.